The molecule has 0 unspecified atom stereocenters. The zero-order valence-electron chi connectivity index (χ0n) is 11.2. The third-order valence-corrected chi connectivity index (χ3v) is 3.58. The smallest absolute Gasteiger partial charge is 0.0584 e. The summed E-state index contributed by atoms with van der Waals surface area (Å²) in [7, 11) is 4.06. The maximum Gasteiger partial charge on any atom is 0.0584 e. The zero-order valence-corrected chi connectivity index (χ0v) is 12.0. The highest BCUT2D eigenvalue weighted by molar-refractivity contribution is 6.34. The highest BCUT2D eigenvalue weighted by Gasteiger charge is 2.13. The third-order valence-electron chi connectivity index (χ3n) is 3.28. The second-order valence-electron chi connectivity index (χ2n) is 4.69. The van der Waals surface area contributed by atoms with Gasteiger partial charge >= 0.3 is 0 Å². The summed E-state index contributed by atoms with van der Waals surface area (Å²) < 4.78 is 0. The summed E-state index contributed by atoms with van der Waals surface area (Å²) >= 11 is 6.35. The van der Waals surface area contributed by atoms with Gasteiger partial charge in [-0.3, -0.25) is 0 Å². The molecule has 0 aliphatic carbocycles. The summed E-state index contributed by atoms with van der Waals surface area (Å²) in [5.74, 6) is 0. The van der Waals surface area contributed by atoms with Crippen LogP contribution in [0.25, 0.3) is 11.1 Å². The Balaban J connectivity index is 2.74. The van der Waals surface area contributed by atoms with Crippen molar-refractivity contribution in [1.82, 2.24) is 0 Å². The normalized spacial score (nSPS) is 10.5. The number of rotatable bonds is 2. The lowest BCUT2D eigenvalue weighted by atomic mass is 9.95. The number of anilines is 1. The maximum atomic E-state index is 6.35. The molecule has 1 nitrogen and oxygen atoms in total. The molecule has 2 rings (SSSR count). The van der Waals surface area contributed by atoms with Crippen LogP contribution in [0.2, 0.25) is 5.02 Å². The molecule has 0 aliphatic rings. The van der Waals surface area contributed by atoms with Crippen molar-refractivity contribution in [3.8, 4) is 11.1 Å². The highest BCUT2D eigenvalue weighted by atomic mass is 35.5. The standard InChI is InChI=1S/C16H17ClN/c1-11-7-5-8-13(12(11)2)16-14(17)9-6-10-15(16)18(3)4/h5-8,10H,1-4H3. The minimum atomic E-state index is 0.676. The number of hydrogen-bond donors (Lipinski definition) is 0. The Morgan fingerprint density at radius 3 is 2.50 bits per heavy atom. The minimum Gasteiger partial charge on any atom is -0.377 e. The van der Waals surface area contributed by atoms with E-state index in [0.29, 0.717) is 5.02 Å². The topological polar surface area (TPSA) is 3.24 Å². The predicted octanol–water partition coefficient (Wildman–Crippen LogP) is 4.49. The molecule has 0 saturated heterocycles. The fourth-order valence-corrected chi connectivity index (χ4v) is 2.37. The second-order valence-corrected chi connectivity index (χ2v) is 5.07. The van der Waals surface area contributed by atoms with Crippen molar-refractivity contribution >= 4 is 17.3 Å². The van der Waals surface area contributed by atoms with Crippen LogP contribution in [0.4, 0.5) is 5.69 Å². The summed E-state index contributed by atoms with van der Waals surface area (Å²) in [6, 6.07) is 13.3. The van der Waals surface area contributed by atoms with Gasteiger partial charge in [-0.2, -0.15) is 0 Å². The monoisotopic (exact) mass is 258 g/mol. The fraction of sp³-hybridized carbons (Fsp3) is 0.250. The van der Waals surface area contributed by atoms with Crippen molar-refractivity contribution in [3.05, 3.63) is 52.5 Å². The Morgan fingerprint density at radius 2 is 1.83 bits per heavy atom. The maximum absolute atomic E-state index is 6.35. The van der Waals surface area contributed by atoms with Crippen LogP contribution in [-0.4, -0.2) is 14.1 Å². The largest absolute Gasteiger partial charge is 0.377 e. The van der Waals surface area contributed by atoms with E-state index in [1.165, 1.54) is 16.7 Å². The molecule has 2 aromatic carbocycles. The fourth-order valence-electron chi connectivity index (χ4n) is 2.11. The Kier molecular flexibility index (Phi) is 3.63. The number of halogens is 1. The molecular formula is C16H17ClN. The molecule has 2 heteroatoms. The van der Waals surface area contributed by atoms with Gasteiger partial charge in [-0.15, -0.1) is 0 Å². The first-order valence-electron chi connectivity index (χ1n) is 5.96. The summed E-state index contributed by atoms with van der Waals surface area (Å²) in [6.07, 6.45) is 0. The first-order chi connectivity index (χ1) is 8.52. The van der Waals surface area contributed by atoms with E-state index in [-0.39, 0.29) is 0 Å². The SMILES string of the molecule is Cc1cccc(-c2c(Cl)[c]ccc2N(C)C)c1C. The molecule has 0 aliphatic heterocycles. The lowest BCUT2D eigenvalue weighted by molar-refractivity contribution is 1.13. The Hall–Kier alpha value is -1.47. The number of benzene rings is 2. The lowest BCUT2D eigenvalue weighted by Gasteiger charge is -2.20. The van der Waals surface area contributed by atoms with Crippen LogP contribution in [0.15, 0.2) is 30.3 Å². The van der Waals surface area contributed by atoms with Crippen LogP contribution in [0.5, 0.6) is 0 Å². The molecule has 0 N–H and O–H groups in total. The van der Waals surface area contributed by atoms with Gasteiger partial charge in [0.05, 0.1) is 5.02 Å². The number of nitrogens with zero attached hydrogens (tertiary/aromatic N) is 1. The number of hydrogen-bond acceptors (Lipinski definition) is 1. The van der Waals surface area contributed by atoms with Gasteiger partial charge in [0, 0.05) is 31.4 Å². The van der Waals surface area contributed by atoms with E-state index in [1.54, 1.807) is 0 Å². The molecule has 0 bridgehead atoms. The Bertz CT molecular complexity index is 573. The molecule has 0 spiro atoms. The molecule has 2 aromatic rings. The quantitative estimate of drug-likeness (QED) is 0.767. The zero-order chi connectivity index (χ0) is 13.3. The van der Waals surface area contributed by atoms with E-state index in [1.807, 2.05) is 26.2 Å². The van der Waals surface area contributed by atoms with Gasteiger partial charge in [0.25, 0.3) is 0 Å². The molecule has 0 atom stereocenters. The molecule has 0 fully saturated rings. The predicted molar refractivity (Wildman–Crippen MR) is 79.5 cm³/mol. The Morgan fingerprint density at radius 1 is 1.11 bits per heavy atom. The van der Waals surface area contributed by atoms with Crippen LogP contribution < -0.4 is 4.90 Å². The van der Waals surface area contributed by atoms with Crippen LogP contribution in [0, 0.1) is 19.9 Å². The molecule has 1 radical (unpaired) electrons. The minimum absolute atomic E-state index is 0.676. The van der Waals surface area contributed by atoms with Gasteiger partial charge in [0.1, 0.15) is 0 Å². The van der Waals surface area contributed by atoms with E-state index in [9.17, 15) is 0 Å². The third kappa shape index (κ3) is 2.23. The van der Waals surface area contributed by atoms with Gasteiger partial charge < -0.3 is 4.90 Å². The van der Waals surface area contributed by atoms with Crippen LogP contribution >= 0.6 is 11.6 Å². The first-order valence-corrected chi connectivity index (χ1v) is 6.34. The van der Waals surface area contributed by atoms with Crippen LogP contribution in [0.1, 0.15) is 11.1 Å². The molecule has 0 heterocycles. The van der Waals surface area contributed by atoms with Crippen molar-refractivity contribution in [2.24, 2.45) is 0 Å². The van der Waals surface area contributed by atoms with Gasteiger partial charge in [-0.05, 0) is 36.6 Å². The summed E-state index contributed by atoms with van der Waals surface area (Å²) in [5, 5.41) is 0.676. The lowest BCUT2D eigenvalue weighted by Crippen LogP contribution is -2.10. The van der Waals surface area contributed by atoms with Gasteiger partial charge in [-0.25, -0.2) is 0 Å². The average Bonchev–Trinajstić information content (AvgIpc) is 2.33. The average molecular weight is 259 g/mol. The van der Waals surface area contributed by atoms with Gasteiger partial charge in [0.2, 0.25) is 0 Å². The first kappa shape index (κ1) is 13.0. The van der Waals surface area contributed by atoms with E-state index >= 15 is 0 Å². The van der Waals surface area contributed by atoms with Gasteiger partial charge in [0.15, 0.2) is 0 Å². The van der Waals surface area contributed by atoms with E-state index in [4.69, 9.17) is 11.6 Å². The van der Waals surface area contributed by atoms with Crippen molar-refractivity contribution in [2.75, 3.05) is 19.0 Å². The summed E-state index contributed by atoms with van der Waals surface area (Å²) in [5.41, 5.74) is 5.90. The van der Waals surface area contributed by atoms with E-state index < -0.39 is 0 Å². The molecule has 0 amide bonds. The van der Waals surface area contributed by atoms with Crippen molar-refractivity contribution < 1.29 is 0 Å². The van der Waals surface area contributed by atoms with Gasteiger partial charge in [-0.1, -0.05) is 35.9 Å². The highest BCUT2D eigenvalue weighted by Crippen LogP contribution is 2.38. The summed E-state index contributed by atoms with van der Waals surface area (Å²) in [6.45, 7) is 4.25. The number of aryl methyl sites for hydroxylation is 1. The molecule has 0 saturated carbocycles. The van der Waals surface area contributed by atoms with Crippen molar-refractivity contribution in [1.29, 1.82) is 0 Å². The van der Waals surface area contributed by atoms with Crippen LogP contribution in [0.3, 0.4) is 0 Å². The molecule has 0 aromatic heterocycles. The summed E-state index contributed by atoms with van der Waals surface area (Å²) in [4.78, 5) is 2.08. The van der Waals surface area contributed by atoms with E-state index in [2.05, 4.69) is 43.0 Å². The Labute approximate surface area is 114 Å². The molecule has 18 heavy (non-hydrogen) atoms. The van der Waals surface area contributed by atoms with Crippen molar-refractivity contribution in [2.45, 2.75) is 13.8 Å². The van der Waals surface area contributed by atoms with E-state index in [0.717, 1.165) is 11.3 Å². The second kappa shape index (κ2) is 5.03. The van der Waals surface area contributed by atoms with Crippen LogP contribution in [-0.2, 0) is 0 Å². The van der Waals surface area contributed by atoms with Crippen molar-refractivity contribution in [3.63, 3.8) is 0 Å². The molecule has 93 valence electrons. The molecular weight excluding hydrogens is 242 g/mol.